The molecule has 1 N–H and O–H groups in total. The Bertz CT molecular complexity index is 530. The molecule has 96 valence electrons. The number of hydrogen-bond acceptors (Lipinski definition) is 4. The van der Waals surface area contributed by atoms with Gasteiger partial charge in [0.2, 0.25) is 0 Å². The van der Waals surface area contributed by atoms with Crippen LogP contribution in [-0.4, -0.2) is 28.9 Å². The molecule has 1 heterocycles. The Morgan fingerprint density at radius 2 is 1.94 bits per heavy atom. The van der Waals surface area contributed by atoms with E-state index < -0.39 is 0 Å². The third-order valence-electron chi connectivity index (χ3n) is 3.01. The van der Waals surface area contributed by atoms with E-state index in [1.807, 2.05) is 44.8 Å². The van der Waals surface area contributed by atoms with Gasteiger partial charge >= 0.3 is 0 Å². The first-order valence-corrected chi connectivity index (χ1v) is 5.94. The molecular formula is C13H19N5. The zero-order chi connectivity index (χ0) is 13.1. The van der Waals surface area contributed by atoms with Gasteiger partial charge in [0.15, 0.2) is 5.82 Å². The number of hydrogen-bond donors (Lipinski definition) is 1. The van der Waals surface area contributed by atoms with Gasteiger partial charge < -0.3 is 14.8 Å². The van der Waals surface area contributed by atoms with E-state index in [-0.39, 0.29) is 0 Å². The lowest BCUT2D eigenvalue weighted by atomic mass is 10.2. The molecular weight excluding hydrogens is 226 g/mol. The summed E-state index contributed by atoms with van der Waals surface area (Å²) >= 11 is 0. The molecule has 0 fully saturated rings. The Balaban J connectivity index is 2.13. The lowest BCUT2D eigenvalue weighted by molar-refractivity contribution is 0.789. The van der Waals surface area contributed by atoms with E-state index in [4.69, 9.17) is 0 Å². The summed E-state index contributed by atoms with van der Waals surface area (Å²) in [4.78, 5) is 2.09. The van der Waals surface area contributed by atoms with Gasteiger partial charge in [0.1, 0.15) is 5.82 Å². The maximum atomic E-state index is 4.14. The predicted molar refractivity (Wildman–Crippen MR) is 73.8 cm³/mol. The Labute approximate surface area is 107 Å². The molecule has 0 bridgehead atoms. The zero-order valence-corrected chi connectivity index (χ0v) is 11.3. The van der Waals surface area contributed by atoms with Crippen molar-refractivity contribution in [3.63, 3.8) is 0 Å². The van der Waals surface area contributed by atoms with Crippen LogP contribution in [0, 0.1) is 6.92 Å². The van der Waals surface area contributed by atoms with E-state index in [0.29, 0.717) is 6.54 Å². The highest BCUT2D eigenvalue weighted by Gasteiger charge is 2.07. The van der Waals surface area contributed by atoms with Crippen LogP contribution in [0.1, 0.15) is 11.6 Å². The average Bonchev–Trinajstić information content (AvgIpc) is 2.68. The number of benzene rings is 1. The highest BCUT2D eigenvalue weighted by atomic mass is 15.3. The van der Waals surface area contributed by atoms with Gasteiger partial charge in [-0.2, -0.15) is 0 Å². The smallest absolute Gasteiger partial charge is 0.152 e. The normalized spacial score (nSPS) is 10.4. The van der Waals surface area contributed by atoms with Crippen molar-refractivity contribution in [1.82, 2.24) is 14.8 Å². The zero-order valence-electron chi connectivity index (χ0n) is 11.3. The van der Waals surface area contributed by atoms with E-state index in [2.05, 4.69) is 32.5 Å². The Kier molecular flexibility index (Phi) is 3.50. The average molecular weight is 245 g/mol. The van der Waals surface area contributed by atoms with Crippen molar-refractivity contribution in [2.24, 2.45) is 7.05 Å². The molecule has 0 unspecified atom stereocenters. The number of aromatic nitrogens is 3. The van der Waals surface area contributed by atoms with Crippen molar-refractivity contribution in [2.75, 3.05) is 24.3 Å². The fourth-order valence-corrected chi connectivity index (χ4v) is 1.79. The fraction of sp³-hybridized carbons (Fsp3) is 0.385. The maximum Gasteiger partial charge on any atom is 0.152 e. The summed E-state index contributed by atoms with van der Waals surface area (Å²) in [5, 5.41) is 11.6. The molecule has 0 atom stereocenters. The third kappa shape index (κ3) is 2.45. The number of anilines is 2. The van der Waals surface area contributed by atoms with E-state index >= 15 is 0 Å². The molecule has 0 aliphatic rings. The molecule has 0 saturated heterocycles. The SMILES string of the molecule is Cc1nnc(CNc2ccccc2N(C)C)n1C. The Morgan fingerprint density at radius 1 is 1.22 bits per heavy atom. The van der Waals surface area contributed by atoms with Crippen LogP contribution < -0.4 is 10.2 Å². The van der Waals surface area contributed by atoms with Crippen LogP contribution >= 0.6 is 0 Å². The molecule has 0 aliphatic heterocycles. The molecule has 5 nitrogen and oxygen atoms in total. The fourth-order valence-electron chi connectivity index (χ4n) is 1.79. The standard InChI is InChI=1S/C13H19N5/c1-10-15-16-13(18(10)4)9-14-11-7-5-6-8-12(11)17(2)3/h5-8,14H,9H2,1-4H3. The molecule has 0 saturated carbocycles. The molecule has 1 aromatic heterocycles. The first-order chi connectivity index (χ1) is 8.59. The van der Waals surface area contributed by atoms with Gasteiger partial charge in [-0.1, -0.05) is 12.1 Å². The highest BCUT2D eigenvalue weighted by molar-refractivity contribution is 5.69. The number of rotatable bonds is 4. The molecule has 0 aliphatic carbocycles. The number of aryl methyl sites for hydroxylation is 1. The first-order valence-electron chi connectivity index (χ1n) is 5.94. The molecule has 5 heteroatoms. The quantitative estimate of drug-likeness (QED) is 0.892. The number of nitrogens with zero attached hydrogens (tertiary/aromatic N) is 4. The summed E-state index contributed by atoms with van der Waals surface area (Å²) in [7, 11) is 6.05. The van der Waals surface area contributed by atoms with Crippen molar-refractivity contribution in [3.05, 3.63) is 35.9 Å². The van der Waals surface area contributed by atoms with E-state index in [1.54, 1.807) is 0 Å². The van der Waals surface area contributed by atoms with Gasteiger partial charge in [0.05, 0.1) is 17.9 Å². The van der Waals surface area contributed by atoms with Gasteiger partial charge in [0.25, 0.3) is 0 Å². The minimum Gasteiger partial charge on any atom is -0.376 e. The van der Waals surface area contributed by atoms with Crippen LogP contribution in [0.25, 0.3) is 0 Å². The first kappa shape index (κ1) is 12.4. The summed E-state index contributed by atoms with van der Waals surface area (Å²) in [6, 6.07) is 8.22. The Morgan fingerprint density at radius 3 is 2.56 bits per heavy atom. The van der Waals surface area contributed by atoms with Crippen LogP contribution in [0.2, 0.25) is 0 Å². The minimum atomic E-state index is 0.669. The van der Waals surface area contributed by atoms with E-state index in [0.717, 1.165) is 23.0 Å². The second-order valence-electron chi connectivity index (χ2n) is 4.49. The van der Waals surface area contributed by atoms with Crippen molar-refractivity contribution < 1.29 is 0 Å². The van der Waals surface area contributed by atoms with Crippen LogP contribution in [0.5, 0.6) is 0 Å². The number of para-hydroxylation sites is 2. The molecule has 18 heavy (non-hydrogen) atoms. The van der Waals surface area contributed by atoms with Crippen molar-refractivity contribution >= 4 is 11.4 Å². The summed E-state index contributed by atoms with van der Waals surface area (Å²) in [5.74, 6) is 1.86. The van der Waals surface area contributed by atoms with Crippen molar-refractivity contribution in [2.45, 2.75) is 13.5 Å². The van der Waals surface area contributed by atoms with Crippen molar-refractivity contribution in [3.8, 4) is 0 Å². The van der Waals surface area contributed by atoms with Gasteiger partial charge in [-0.05, 0) is 19.1 Å². The van der Waals surface area contributed by atoms with Gasteiger partial charge in [0, 0.05) is 21.1 Å². The predicted octanol–water partition coefficient (Wildman–Crippen LogP) is 1.80. The van der Waals surface area contributed by atoms with Gasteiger partial charge in [-0.25, -0.2) is 0 Å². The minimum absolute atomic E-state index is 0.669. The number of nitrogens with one attached hydrogen (secondary N) is 1. The topological polar surface area (TPSA) is 46.0 Å². The molecule has 0 amide bonds. The third-order valence-corrected chi connectivity index (χ3v) is 3.01. The lowest BCUT2D eigenvalue weighted by Gasteiger charge is -2.18. The van der Waals surface area contributed by atoms with Crippen LogP contribution in [0.3, 0.4) is 0 Å². The summed E-state index contributed by atoms with van der Waals surface area (Å²) in [5.41, 5.74) is 2.26. The summed E-state index contributed by atoms with van der Waals surface area (Å²) in [6.45, 7) is 2.62. The lowest BCUT2D eigenvalue weighted by Crippen LogP contribution is -2.13. The molecule has 2 rings (SSSR count). The van der Waals surface area contributed by atoms with Crippen LogP contribution in [-0.2, 0) is 13.6 Å². The molecule has 0 radical (unpaired) electrons. The van der Waals surface area contributed by atoms with E-state index in [1.165, 1.54) is 0 Å². The van der Waals surface area contributed by atoms with E-state index in [9.17, 15) is 0 Å². The highest BCUT2D eigenvalue weighted by Crippen LogP contribution is 2.23. The molecule has 2 aromatic rings. The van der Waals surface area contributed by atoms with Crippen LogP contribution in [0.15, 0.2) is 24.3 Å². The summed E-state index contributed by atoms with van der Waals surface area (Å²) in [6.07, 6.45) is 0. The molecule has 1 aromatic carbocycles. The second-order valence-corrected chi connectivity index (χ2v) is 4.49. The van der Waals surface area contributed by atoms with Gasteiger partial charge in [-0.15, -0.1) is 10.2 Å². The molecule has 0 spiro atoms. The van der Waals surface area contributed by atoms with Gasteiger partial charge in [-0.3, -0.25) is 0 Å². The monoisotopic (exact) mass is 245 g/mol. The maximum absolute atomic E-state index is 4.14. The summed E-state index contributed by atoms with van der Waals surface area (Å²) < 4.78 is 1.99. The van der Waals surface area contributed by atoms with Crippen molar-refractivity contribution in [1.29, 1.82) is 0 Å². The van der Waals surface area contributed by atoms with Crippen LogP contribution in [0.4, 0.5) is 11.4 Å². The Hall–Kier alpha value is -2.04. The largest absolute Gasteiger partial charge is 0.376 e. The second kappa shape index (κ2) is 5.08.